The summed E-state index contributed by atoms with van der Waals surface area (Å²) in [5.41, 5.74) is 0.559. The maximum Gasteiger partial charge on any atom is -0.0354 e. The third-order valence-electron chi connectivity index (χ3n) is 2.48. The van der Waals surface area contributed by atoms with Crippen LogP contribution in [0.15, 0.2) is 0 Å². The molecule has 0 heterocycles. The molecule has 0 nitrogen and oxygen atoms in total. The molecule has 12 heavy (non-hydrogen) atoms. The highest BCUT2D eigenvalue weighted by molar-refractivity contribution is 4.68. The first-order valence-corrected chi connectivity index (χ1v) is 5.31. The third kappa shape index (κ3) is 6.69. The minimum Gasteiger partial charge on any atom is -0.0654 e. The lowest BCUT2D eigenvalue weighted by Gasteiger charge is -2.24. The zero-order valence-electron chi connectivity index (χ0n) is 9.32. The lowest BCUT2D eigenvalue weighted by molar-refractivity contribution is 0.288. The molecular weight excluding hydrogens is 144 g/mol. The average Bonchev–Trinajstić information content (AvgIpc) is 1.85. The lowest BCUT2D eigenvalue weighted by atomic mass is 9.82. The molecule has 0 saturated heterocycles. The normalized spacial score (nSPS) is 12.5. The van der Waals surface area contributed by atoms with E-state index in [4.69, 9.17) is 0 Å². The number of hydrogen-bond acceptors (Lipinski definition) is 0. The van der Waals surface area contributed by atoms with Crippen LogP contribution >= 0.6 is 0 Å². The SMILES string of the molecule is [CH2]C(C)CCCC(C)(C)CCC. The van der Waals surface area contributed by atoms with Gasteiger partial charge >= 0.3 is 0 Å². The van der Waals surface area contributed by atoms with Crippen molar-refractivity contribution in [2.45, 2.75) is 59.8 Å². The van der Waals surface area contributed by atoms with Crippen LogP contribution in [0.3, 0.4) is 0 Å². The maximum atomic E-state index is 4.00. The van der Waals surface area contributed by atoms with Gasteiger partial charge in [-0.1, -0.05) is 53.9 Å². The molecule has 0 aromatic heterocycles. The highest BCUT2D eigenvalue weighted by atomic mass is 14.2. The van der Waals surface area contributed by atoms with Gasteiger partial charge in [0.2, 0.25) is 0 Å². The fourth-order valence-corrected chi connectivity index (χ4v) is 1.73. The smallest absolute Gasteiger partial charge is 0.0354 e. The van der Waals surface area contributed by atoms with Gasteiger partial charge in [0.15, 0.2) is 0 Å². The second kappa shape index (κ2) is 5.61. The van der Waals surface area contributed by atoms with Gasteiger partial charge in [-0.2, -0.15) is 0 Å². The molecular formula is C12H25. The standard InChI is InChI=1S/C12H25/c1-6-9-12(4,5)10-7-8-11(2)3/h11H,2,6-10H2,1,3-5H3. The molecule has 0 heteroatoms. The van der Waals surface area contributed by atoms with Crippen LogP contribution in [0, 0.1) is 18.3 Å². The molecule has 1 atom stereocenters. The summed E-state index contributed by atoms with van der Waals surface area (Å²) in [4.78, 5) is 0. The van der Waals surface area contributed by atoms with Crippen LogP contribution in [-0.2, 0) is 0 Å². The third-order valence-corrected chi connectivity index (χ3v) is 2.48. The van der Waals surface area contributed by atoms with Gasteiger partial charge in [-0.15, -0.1) is 0 Å². The van der Waals surface area contributed by atoms with Crippen LogP contribution in [-0.4, -0.2) is 0 Å². The zero-order valence-corrected chi connectivity index (χ0v) is 9.32. The van der Waals surface area contributed by atoms with E-state index >= 15 is 0 Å². The van der Waals surface area contributed by atoms with E-state index in [0.717, 1.165) is 0 Å². The average molecular weight is 169 g/mol. The summed E-state index contributed by atoms with van der Waals surface area (Å²) >= 11 is 0. The minimum absolute atomic E-state index is 0.559. The van der Waals surface area contributed by atoms with E-state index in [1.165, 1.54) is 32.1 Å². The van der Waals surface area contributed by atoms with E-state index in [1.54, 1.807) is 0 Å². The second-order valence-electron chi connectivity index (χ2n) is 4.91. The van der Waals surface area contributed by atoms with Crippen molar-refractivity contribution < 1.29 is 0 Å². The van der Waals surface area contributed by atoms with Crippen molar-refractivity contribution >= 4 is 0 Å². The van der Waals surface area contributed by atoms with Crippen LogP contribution < -0.4 is 0 Å². The predicted molar refractivity (Wildman–Crippen MR) is 57.1 cm³/mol. The van der Waals surface area contributed by atoms with Crippen molar-refractivity contribution in [3.8, 4) is 0 Å². The molecule has 0 aromatic rings. The molecule has 0 saturated carbocycles. The van der Waals surface area contributed by atoms with E-state index in [9.17, 15) is 0 Å². The quantitative estimate of drug-likeness (QED) is 0.551. The van der Waals surface area contributed by atoms with Gasteiger partial charge in [0, 0.05) is 0 Å². The molecule has 0 amide bonds. The van der Waals surface area contributed by atoms with Crippen LogP contribution in [0.2, 0.25) is 0 Å². The molecule has 0 bridgehead atoms. The molecule has 0 aromatic carbocycles. The van der Waals surface area contributed by atoms with E-state index in [2.05, 4.69) is 34.6 Å². The van der Waals surface area contributed by atoms with Crippen molar-refractivity contribution in [2.24, 2.45) is 11.3 Å². The van der Waals surface area contributed by atoms with Gasteiger partial charge in [-0.25, -0.2) is 0 Å². The van der Waals surface area contributed by atoms with E-state index in [1.807, 2.05) is 0 Å². The van der Waals surface area contributed by atoms with Crippen molar-refractivity contribution in [1.29, 1.82) is 0 Å². The van der Waals surface area contributed by atoms with E-state index in [0.29, 0.717) is 11.3 Å². The summed E-state index contributed by atoms with van der Waals surface area (Å²) in [6.07, 6.45) is 6.66. The second-order valence-corrected chi connectivity index (χ2v) is 4.91. The van der Waals surface area contributed by atoms with E-state index < -0.39 is 0 Å². The molecule has 0 fully saturated rings. The van der Waals surface area contributed by atoms with Crippen molar-refractivity contribution in [1.82, 2.24) is 0 Å². The molecule has 1 unspecified atom stereocenters. The maximum absolute atomic E-state index is 4.00. The van der Waals surface area contributed by atoms with Crippen LogP contribution in [0.4, 0.5) is 0 Å². The van der Waals surface area contributed by atoms with Gasteiger partial charge in [-0.3, -0.25) is 0 Å². The van der Waals surface area contributed by atoms with Gasteiger partial charge < -0.3 is 0 Å². The fourth-order valence-electron chi connectivity index (χ4n) is 1.73. The Morgan fingerprint density at radius 2 is 1.83 bits per heavy atom. The fraction of sp³-hybridized carbons (Fsp3) is 0.917. The van der Waals surface area contributed by atoms with Crippen LogP contribution in [0.25, 0.3) is 0 Å². The minimum atomic E-state index is 0.559. The van der Waals surface area contributed by atoms with Crippen molar-refractivity contribution in [3.05, 3.63) is 6.92 Å². The molecule has 0 N–H and O–H groups in total. The lowest BCUT2D eigenvalue weighted by Crippen LogP contribution is -2.10. The Balaban J connectivity index is 3.46. The topological polar surface area (TPSA) is 0 Å². The summed E-state index contributed by atoms with van der Waals surface area (Å²) < 4.78 is 0. The highest BCUT2D eigenvalue weighted by Crippen LogP contribution is 2.29. The molecule has 73 valence electrons. The summed E-state index contributed by atoms with van der Waals surface area (Å²) in [6, 6.07) is 0. The monoisotopic (exact) mass is 169 g/mol. The first-order chi connectivity index (χ1) is 5.48. The van der Waals surface area contributed by atoms with Gasteiger partial charge in [0.1, 0.15) is 0 Å². The largest absolute Gasteiger partial charge is 0.0654 e. The Morgan fingerprint density at radius 1 is 1.25 bits per heavy atom. The number of rotatable bonds is 6. The van der Waals surface area contributed by atoms with Crippen LogP contribution in [0.1, 0.15) is 59.8 Å². The van der Waals surface area contributed by atoms with Gasteiger partial charge in [0.05, 0.1) is 0 Å². The Labute approximate surface area is 78.8 Å². The highest BCUT2D eigenvalue weighted by Gasteiger charge is 2.15. The summed E-state index contributed by atoms with van der Waals surface area (Å²) in [5.74, 6) is 0.627. The molecule has 0 aliphatic heterocycles. The molecule has 0 spiro atoms. The zero-order chi connectivity index (χ0) is 9.61. The Morgan fingerprint density at radius 3 is 2.25 bits per heavy atom. The first-order valence-electron chi connectivity index (χ1n) is 5.31. The first kappa shape index (κ1) is 12.0. The number of hydrogen-bond donors (Lipinski definition) is 0. The molecule has 0 aliphatic carbocycles. The van der Waals surface area contributed by atoms with Crippen molar-refractivity contribution in [3.63, 3.8) is 0 Å². The summed E-state index contributed by atoms with van der Waals surface area (Å²) in [7, 11) is 0. The Hall–Kier alpha value is 0. The summed E-state index contributed by atoms with van der Waals surface area (Å²) in [6.45, 7) is 13.2. The van der Waals surface area contributed by atoms with Gasteiger partial charge in [-0.05, 0) is 24.2 Å². The molecule has 0 rings (SSSR count). The van der Waals surface area contributed by atoms with E-state index in [-0.39, 0.29) is 0 Å². The van der Waals surface area contributed by atoms with Crippen LogP contribution in [0.5, 0.6) is 0 Å². The predicted octanol–water partition coefficient (Wildman–Crippen LogP) is 4.45. The Kier molecular flexibility index (Phi) is 5.61. The molecule has 1 radical (unpaired) electrons. The Bertz CT molecular complexity index is 101. The molecule has 0 aliphatic rings. The van der Waals surface area contributed by atoms with Gasteiger partial charge in [0.25, 0.3) is 0 Å². The summed E-state index contributed by atoms with van der Waals surface area (Å²) in [5, 5.41) is 0. The van der Waals surface area contributed by atoms with Crippen molar-refractivity contribution in [2.75, 3.05) is 0 Å².